The van der Waals surface area contributed by atoms with Crippen LogP contribution in [0.5, 0.6) is 0 Å². The number of halogens is 1. The predicted molar refractivity (Wildman–Crippen MR) is 68.4 cm³/mol. The van der Waals surface area contributed by atoms with Crippen LogP contribution in [-0.4, -0.2) is 36.9 Å². The summed E-state index contributed by atoms with van der Waals surface area (Å²) < 4.78 is 14.8. The molecule has 2 aromatic heterocycles. The molecule has 0 fully saturated rings. The molecule has 1 aromatic carbocycles. The molecule has 2 heterocycles. The highest BCUT2D eigenvalue weighted by Gasteiger charge is 2.12. The summed E-state index contributed by atoms with van der Waals surface area (Å²) in [5.74, 6) is 0.0471. The van der Waals surface area contributed by atoms with Gasteiger partial charge in [-0.3, -0.25) is 0 Å². The van der Waals surface area contributed by atoms with E-state index in [2.05, 4.69) is 25.9 Å². The normalized spacial score (nSPS) is 12.5. The van der Waals surface area contributed by atoms with E-state index in [-0.39, 0.29) is 12.1 Å². The molecule has 7 nitrogen and oxygen atoms in total. The van der Waals surface area contributed by atoms with Crippen molar-refractivity contribution >= 4 is 11.5 Å². The van der Waals surface area contributed by atoms with E-state index in [9.17, 15) is 9.50 Å². The fourth-order valence-corrected chi connectivity index (χ4v) is 1.80. The number of fused-ring (bicyclic) bond motifs is 1. The second kappa shape index (κ2) is 5.17. The minimum Gasteiger partial charge on any atom is -0.386 e. The van der Waals surface area contributed by atoms with E-state index in [4.69, 9.17) is 0 Å². The molecule has 0 saturated carbocycles. The summed E-state index contributed by atoms with van der Waals surface area (Å²) in [5.41, 5.74) is 0.758. The Kier molecular flexibility index (Phi) is 3.21. The largest absolute Gasteiger partial charge is 0.386 e. The lowest BCUT2D eigenvalue weighted by Gasteiger charge is -2.13. The molecule has 0 aliphatic carbocycles. The number of rotatable bonds is 4. The fourth-order valence-electron chi connectivity index (χ4n) is 1.80. The molecular weight excluding hydrogens is 263 g/mol. The molecule has 20 heavy (non-hydrogen) atoms. The van der Waals surface area contributed by atoms with Gasteiger partial charge in [0.25, 0.3) is 0 Å². The third kappa shape index (κ3) is 2.41. The smallest absolute Gasteiger partial charge is 0.200 e. The van der Waals surface area contributed by atoms with E-state index in [1.165, 1.54) is 10.7 Å². The van der Waals surface area contributed by atoms with E-state index < -0.39 is 11.9 Å². The number of anilines is 1. The number of aliphatic hydroxyl groups excluding tert-OH is 1. The first-order valence-corrected chi connectivity index (χ1v) is 5.96. The van der Waals surface area contributed by atoms with Gasteiger partial charge in [0, 0.05) is 12.1 Å². The van der Waals surface area contributed by atoms with Gasteiger partial charge in [0.15, 0.2) is 5.65 Å². The average molecular weight is 274 g/mol. The number of aliphatic hydroxyl groups is 1. The molecule has 3 aromatic rings. The van der Waals surface area contributed by atoms with Crippen LogP contribution in [0.15, 0.2) is 36.4 Å². The van der Waals surface area contributed by atoms with Gasteiger partial charge in [-0.1, -0.05) is 18.2 Å². The molecule has 1 atom stereocenters. The Hall–Kier alpha value is -2.61. The Balaban J connectivity index is 1.71. The minimum atomic E-state index is -0.970. The van der Waals surface area contributed by atoms with Gasteiger partial charge in [0.05, 0.1) is 6.10 Å². The van der Waals surface area contributed by atoms with E-state index in [0.717, 1.165) is 0 Å². The summed E-state index contributed by atoms with van der Waals surface area (Å²) in [6.45, 7) is 0.127. The monoisotopic (exact) mass is 274 g/mol. The Labute approximate surface area is 113 Å². The van der Waals surface area contributed by atoms with Gasteiger partial charge in [-0.25, -0.2) is 4.39 Å². The van der Waals surface area contributed by atoms with Crippen LogP contribution in [0.4, 0.5) is 10.2 Å². The summed E-state index contributed by atoms with van der Waals surface area (Å²) in [5, 5.41) is 27.8. The van der Waals surface area contributed by atoms with Gasteiger partial charge in [-0.05, 0) is 28.6 Å². The van der Waals surface area contributed by atoms with E-state index >= 15 is 0 Å². The summed E-state index contributed by atoms with van der Waals surface area (Å²) in [6, 6.07) is 9.47. The maximum Gasteiger partial charge on any atom is 0.200 e. The van der Waals surface area contributed by atoms with Gasteiger partial charge < -0.3 is 10.4 Å². The molecule has 0 radical (unpaired) electrons. The van der Waals surface area contributed by atoms with Crippen LogP contribution in [0, 0.1) is 5.82 Å². The molecule has 102 valence electrons. The zero-order valence-electron chi connectivity index (χ0n) is 10.3. The van der Waals surface area contributed by atoms with Crippen molar-refractivity contribution in [2.24, 2.45) is 0 Å². The van der Waals surface area contributed by atoms with Crippen LogP contribution >= 0.6 is 0 Å². The van der Waals surface area contributed by atoms with Crippen LogP contribution < -0.4 is 5.32 Å². The Bertz CT molecular complexity index is 731. The van der Waals surface area contributed by atoms with Crippen molar-refractivity contribution in [3.8, 4) is 0 Å². The number of aromatic nitrogens is 5. The second-order valence-corrected chi connectivity index (χ2v) is 4.16. The number of nitrogens with zero attached hydrogens (tertiary/aromatic N) is 5. The van der Waals surface area contributed by atoms with Gasteiger partial charge in [-0.15, -0.1) is 14.8 Å². The first-order valence-electron chi connectivity index (χ1n) is 5.96. The Morgan fingerprint density at radius 1 is 1.25 bits per heavy atom. The highest BCUT2D eigenvalue weighted by atomic mass is 19.1. The first-order chi connectivity index (χ1) is 9.74. The fraction of sp³-hybridized carbons (Fsp3) is 0.167. The maximum absolute atomic E-state index is 13.5. The van der Waals surface area contributed by atoms with Gasteiger partial charge in [0.1, 0.15) is 11.6 Å². The average Bonchev–Trinajstić information content (AvgIpc) is 2.92. The molecule has 2 N–H and O–H groups in total. The lowest BCUT2D eigenvalue weighted by molar-refractivity contribution is 0.186. The molecule has 0 aliphatic heterocycles. The second-order valence-electron chi connectivity index (χ2n) is 4.16. The number of hydrogen-bond donors (Lipinski definition) is 2. The van der Waals surface area contributed by atoms with Crippen molar-refractivity contribution in [2.75, 3.05) is 11.9 Å². The lowest BCUT2D eigenvalue weighted by Crippen LogP contribution is -2.15. The Morgan fingerprint density at radius 3 is 2.95 bits per heavy atom. The predicted octanol–water partition coefficient (Wildman–Crippen LogP) is 0.804. The molecule has 3 rings (SSSR count). The van der Waals surface area contributed by atoms with Gasteiger partial charge >= 0.3 is 0 Å². The van der Waals surface area contributed by atoms with Gasteiger partial charge in [0.2, 0.25) is 0 Å². The van der Waals surface area contributed by atoms with E-state index in [1.54, 1.807) is 30.3 Å². The topological polar surface area (TPSA) is 88.2 Å². The van der Waals surface area contributed by atoms with E-state index in [0.29, 0.717) is 11.5 Å². The minimum absolute atomic E-state index is 0.127. The summed E-state index contributed by atoms with van der Waals surface area (Å²) in [4.78, 5) is 0. The number of benzene rings is 1. The molecule has 0 bridgehead atoms. The summed E-state index contributed by atoms with van der Waals surface area (Å²) in [6.07, 6.45) is -0.970. The summed E-state index contributed by atoms with van der Waals surface area (Å²) >= 11 is 0. The van der Waals surface area contributed by atoms with Crippen LogP contribution in [0.2, 0.25) is 0 Å². The van der Waals surface area contributed by atoms with Crippen LogP contribution in [0.25, 0.3) is 5.65 Å². The molecule has 8 heteroatoms. The summed E-state index contributed by atoms with van der Waals surface area (Å²) in [7, 11) is 0. The third-order valence-corrected chi connectivity index (χ3v) is 2.81. The maximum atomic E-state index is 13.5. The first kappa shape index (κ1) is 12.4. The zero-order valence-corrected chi connectivity index (χ0v) is 10.3. The number of nitrogens with one attached hydrogen (secondary N) is 1. The van der Waals surface area contributed by atoms with Crippen LogP contribution in [0.3, 0.4) is 0 Å². The number of tetrazole rings is 1. The Morgan fingerprint density at radius 2 is 2.10 bits per heavy atom. The van der Waals surface area contributed by atoms with Gasteiger partial charge in [-0.2, -0.15) is 0 Å². The molecular formula is C12H11FN6O. The number of hydrogen-bond acceptors (Lipinski definition) is 6. The van der Waals surface area contributed by atoms with Crippen molar-refractivity contribution in [2.45, 2.75) is 6.10 Å². The van der Waals surface area contributed by atoms with Crippen molar-refractivity contribution in [3.05, 3.63) is 47.8 Å². The highest BCUT2D eigenvalue weighted by molar-refractivity contribution is 5.42. The molecule has 0 aliphatic rings. The SMILES string of the molecule is OC(CNc1ccc2nnnn2n1)c1ccccc1F. The third-order valence-electron chi connectivity index (χ3n) is 2.81. The van der Waals surface area contributed by atoms with Crippen molar-refractivity contribution < 1.29 is 9.50 Å². The van der Waals surface area contributed by atoms with E-state index in [1.807, 2.05) is 0 Å². The molecule has 0 amide bonds. The lowest BCUT2D eigenvalue weighted by atomic mass is 10.1. The quantitative estimate of drug-likeness (QED) is 0.731. The van der Waals surface area contributed by atoms with Crippen LogP contribution in [-0.2, 0) is 0 Å². The molecule has 0 saturated heterocycles. The standard InChI is InChI=1S/C12H11FN6O/c13-9-4-2-1-3-8(9)10(20)7-14-11-5-6-12-15-17-18-19(12)16-11/h1-6,10,20H,7H2,(H,14,16). The highest BCUT2D eigenvalue weighted by Crippen LogP contribution is 2.17. The zero-order chi connectivity index (χ0) is 13.9. The molecule has 0 spiro atoms. The van der Waals surface area contributed by atoms with Crippen molar-refractivity contribution in [3.63, 3.8) is 0 Å². The molecule has 1 unspecified atom stereocenters. The van der Waals surface area contributed by atoms with Crippen molar-refractivity contribution in [1.82, 2.24) is 25.3 Å². The van der Waals surface area contributed by atoms with Crippen molar-refractivity contribution in [1.29, 1.82) is 0 Å². The van der Waals surface area contributed by atoms with Crippen LogP contribution in [0.1, 0.15) is 11.7 Å².